The molecule has 3 unspecified atom stereocenters. The van der Waals surface area contributed by atoms with E-state index in [1.165, 1.54) is 13.0 Å². The second kappa shape index (κ2) is 19.6. The van der Waals surface area contributed by atoms with Gasteiger partial charge in [0.05, 0.1) is 13.2 Å². The van der Waals surface area contributed by atoms with Gasteiger partial charge in [-0.2, -0.15) is 0 Å². The molecule has 56 heavy (non-hydrogen) atoms. The van der Waals surface area contributed by atoms with Crippen LogP contribution in [0.4, 0.5) is 0 Å². The van der Waals surface area contributed by atoms with E-state index in [1.807, 2.05) is 63.3 Å². The van der Waals surface area contributed by atoms with Crippen molar-refractivity contribution in [2.45, 2.75) is 141 Å². The Hall–Kier alpha value is -3.12. The Balaban J connectivity index is 1.24. The van der Waals surface area contributed by atoms with Gasteiger partial charge in [-0.15, -0.1) is 0 Å². The van der Waals surface area contributed by atoms with E-state index in [-0.39, 0.29) is 28.5 Å². The van der Waals surface area contributed by atoms with Crippen LogP contribution in [0.3, 0.4) is 0 Å². The van der Waals surface area contributed by atoms with Crippen LogP contribution in [0.5, 0.6) is 0 Å². The quantitative estimate of drug-likeness (QED) is 0.0580. The number of hydrogen-bond donors (Lipinski definition) is 7. The van der Waals surface area contributed by atoms with Gasteiger partial charge < -0.3 is 59.4 Å². The maximum Gasteiger partial charge on any atom is 0.336 e. The summed E-state index contributed by atoms with van der Waals surface area (Å²) in [7, 11) is 0. The second-order valence-corrected chi connectivity index (χ2v) is 15.9. The first kappa shape index (κ1) is 45.6. The number of ether oxygens (including phenoxy) is 5. The minimum absolute atomic E-state index is 0.0230. The molecule has 4 rings (SSSR count). The van der Waals surface area contributed by atoms with E-state index in [4.69, 9.17) is 23.7 Å². The summed E-state index contributed by atoms with van der Waals surface area (Å²) in [5.41, 5.74) is 2.30. The summed E-state index contributed by atoms with van der Waals surface area (Å²) in [6, 6.07) is 0. The number of aliphatic hydroxyl groups is 7. The third kappa shape index (κ3) is 10.5. The molecule has 0 aromatic heterocycles. The van der Waals surface area contributed by atoms with Crippen LogP contribution in [0.2, 0.25) is 0 Å². The standard InChI is InChI=1S/C42H60O14/c1-23(15-10-17-25(3)30(44)37-42(56-37)27(5)19-12-20-41(42,6)7)13-8-9-14-24(2)16-11-18-26(4)38(51)55-40-36(50)34(48)32(46)29(54-40)22-52-39-35(49)33(47)31(45)28(21-43)53-39/h8-11,13-18,27-29,31-37,39-40,43,45-50H,12,19-22H2,1-7H3/b9-8+,15-10+,16-11+,23-13+,24-14+,25-17+,26-18+/t27?,28-,29-,31-,32-,33+,34+,35-,36-,37?,39-,40+,42?/m1/s1. The minimum Gasteiger partial charge on any atom is -0.429 e. The number of esters is 1. The monoisotopic (exact) mass is 788 g/mol. The van der Waals surface area contributed by atoms with Crippen LogP contribution in [0.15, 0.2) is 83.1 Å². The molecule has 312 valence electrons. The predicted molar refractivity (Wildman–Crippen MR) is 204 cm³/mol. The normalized spacial score (nSPS) is 38.5. The van der Waals surface area contributed by atoms with Crippen LogP contribution >= 0.6 is 0 Å². The fraction of sp³-hybridized carbons (Fsp3) is 0.619. The van der Waals surface area contributed by atoms with Crippen molar-refractivity contribution in [1.82, 2.24) is 0 Å². The largest absolute Gasteiger partial charge is 0.429 e. The van der Waals surface area contributed by atoms with E-state index in [1.54, 1.807) is 12.2 Å². The molecule has 3 aliphatic heterocycles. The summed E-state index contributed by atoms with van der Waals surface area (Å²) in [5.74, 6) is -0.456. The molecule has 14 nitrogen and oxygen atoms in total. The van der Waals surface area contributed by atoms with Crippen molar-refractivity contribution >= 4 is 11.8 Å². The molecule has 0 bridgehead atoms. The molecule has 3 heterocycles. The number of ketones is 1. The molecule has 1 aliphatic carbocycles. The Morgan fingerprint density at radius 1 is 0.714 bits per heavy atom. The first-order chi connectivity index (χ1) is 26.4. The molecule has 7 N–H and O–H groups in total. The number of hydrogen-bond acceptors (Lipinski definition) is 14. The van der Waals surface area contributed by atoms with Gasteiger partial charge in [-0.25, -0.2) is 4.79 Å². The molecule has 1 spiro atoms. The second-order valence-electron chi connectivity index (χ2n) is 15.9. The lowest BCUT2D eigenvalue weighted by molar-refractivity contribution is -0.326. The third-order valence-corrected chi connectivity index (χ3v) is 11.2. The highest BCUT2D eigenvalue weighted by Gasteiger charge is 2.71. The molecular formula is C42H60O14. The third-order valence-electron chi connectivity index (χ3n) is 11.2. The van der Waals surface area contributed by atoms with Crippen LogP contribution in [-0.2, 0) is 33.3 Å². The van der Waals surface area contributed by atoms with Crippen molar-refractivity contribution in [2.75, 3.05) is 13.2 Å². The van der Waals surface area contributed by atoms with E-state index in [0.717, 1.165) is 30.4 Å². The van der Waals surface area contributed by atoms with E-state index in [9.17, 15) is 45.3 Å². The molecule has 3 saturated heterocycles. The van der Waals surface area contributed by atoms with Crippen LogP contribution in [-0.4, -0.2) is 134 Å². The Morgan fingerprint density at radius 2 is 1.25 bits per heavy atom. The van der Waals surface area contributed by atoms with Crippen LogP contribution in [0, 0.1) is 11.3 Å². The summed E-state index contributed by atoms with van der Waals surface area (Å²) in [6.45, 7) is 12.5. The molecule has 0 amide bonds. The lowest BCUT2D eigenvalue weighted by Gasteiger charge is -2.42. The number of carbonyl (C=O) groups excluding carboxylic acids is 2. The molecule has 4 fully saturated rings. The van der Waals surface area contributed by atoms with Gasteiger partial charge in [0.2, 0.25) is 6.29 Å². The average Bonchev–Trinajstić information content (AvgIpc) is 3.92. The van der Waals surface area contributed by atoms with E-state index in [2.05, 4.69) is 20.8 Å². The van der Waals surface area contributed by atoms with Gasteiger partial charge >= 0.3 is 5.97 Å². The maximum atomic E-state index is 13.2. The van der Waals surface area contributed by atoms with Gasteiger partial charge in [0, 0.05) is 5.57 Å². The number of rotatable bonds is 14. The van der Waals surface area contributed by atoms with Gasteiger partial charge in [-0.1, -0.05) is 99.1 Å². The molecule has 0 aromatic rings. The topological polar surface area (TPSA) is 225 Å². The zero-order valence-electron chi connectivity index (χ0n) is 33.2. The molecule has 14 heteroatoms. The van der Waals surface area contributed by atoms with Crippen molar-refractivity contribution in [2.24, 2.45) is 11.3 Å². The highest BCUT2D eigenvalue weighted by molar-refractivity contribution is 6.01. The highest BCUT2D eigenvalue weighted by atomic mass is 16.7. The zero-order chi connectivity index (χ0) is 41.5. The summed E-state index contributed by atoms with van der Waals surface area (Å²) < 4.78 is 27.6. The van der Waals surface area contributed by atoms with Crippen molar-refractivity contribution in [3.8, 4) is 0 Å². The van der Waals surface area contributed by atoms with Gasteiger partial charge in [0.1, 0.15) is 54.4 Å². The molecule has 1 saturated carbocycles. The van der Waals surface area contributed by atoms with Gasteiger partial charge in [0.25, 0.3) is 0 Å². The van der Waals surface area contributed by atoms with E-state index in [0.29, 0.717) is 11.5 Å². The Labute approximate surface area is 328 Å². The van der Waals surface area contributed by atoms with Crippen LogP contribution < -0.4 is 0 Å². The Kier molecular flexibility index (Phi) is 15.9. The average molecular weight is 789 g/mol. The smallest absolute Gasteiger partial charge is 0.336 e. The van der Waals surface area contributed by atoms with Crippen molar-refractivity contribution in [1.29, 1.82) is 0 Å². The highest BCUT2D eigenvalue weighted by Crippen LogP contribution is 2.61. The lowest BCUT2D eigenvalue weighted by Crippen LogP contribution is -2.61. The number of epoxide rings is 1. The van der Waals surface area contributed by atoms with Crippen LogP contribution in [0.25, 0.3) is 0 Å². The van der Waals surface area contributed by atoms with E-state index >= 15 is 0 Å². The van der Waals surface area contributed by atoms with Gasteiger partial charge in [-0.3, -0.25) is 4.79 Å². The lowest BCUT2D eigenvalue weighted by atomic mass is 9.61. The van der Waals surface area contributed by atoms with Crippen molar-refractivity contribution in [3.05, 3.63) is 83.1 Å². The first-order valence-corrected chi connectivity index (χ1v) is 19.1. The zero-order valence-corrected chi connectivity index (χ0v) is 33.2. The number of allylic oxidation sites excluding steroid dienone is 12. The SMILES string of the molecule is CC(/C=C/C=C(\C)C(=O)O[C@@H]1O[C@H](CO[C@@H]2O[C@H](CO)[C@@H](O)[C@H](O)[C@H]2O)[C@@H](O)[C@H](O)[C@H]1O)=C\C=C\C=C(C)\C=C\C=C(/C)C(=O)C1OC12C(C)CCCC2(C)C. The molecule has 0 aromatic carbocycles. The van der Waals surface area contributed by atoms with Crippen molar-refractivity contribution < 1.29 is 69.0 Å². The number of carbonyl (C=O) groups is 2. The van der Waals surface area contributed by atoms with Gasteiger partial charge in [-0.05, 0) is 57.4 Å². The number of aliphatic hydroxyl groups excluding tert-OH is 7. The van der Waals surface area contributed by atoms with Crippen LogP contribution in [0.1, 0.15) is 67.7 Å². The summed E-state index contributed by atoms with van der Waals surface area (Å²) in [5, 5.41) is 70.7. The number of Topliss-reactive ketones (excluding diaryl/α,β-unsaturated/α-hetero) is 1. The van der Waals surface area contributed by atoms with Crippen molar-refractivity contribution in [3.63, 3.8) is 0 Å². The Bertz CT molecular complexity index is 1600. The van der Waals surface area contributed by atoms with Gasteiger partial charge in [0.15, 0.2) is 18.2 Å². The fourth-order valence-electron chi connectivity index (χ4n) is 7.54. The van der Waals surface area contributed by atoms with E-state index < -0.39 is 80.6 Å². The molecule has 4 aliphatic rings. The summed E-state index contributed by atoms with van der Waals surface area (Å²) in [4.78, 5) is 26.0. The molecule has 13 atom stereocenters. The first-order valence-electron chi connectivity index (χ1n) is 19.1. The minimum atomic E-state index is -1.80. The summed E-state index contributed by atoms with van der Waals surface area (Å²) >= 11 is 0. The predicted octanol–water partition coefficient (Wildman–Crippen LogP) is 2.16. The Morgan fingerprint density at radius 3 is 1.82 bits per heavy atom. The summed E-state index contributed by atoms with van der Waals surface area (Å²) in [6.07, 6.45) is 4.87. The molecular weight excluding hydrogens is 728 g/mol. The maximum absolute atomic E-state index is 13.2. The molecule has 0 radical (unpaired) electrons. The fourth-order valence-corrected chi connectivity index (χ4v) is 7.54.